The van der Waals surface area contributed by atoms with Crippen molar-refractivity contribution in [1.82, 2.24) is 4.98 Å². The lowest BCUT2D eigenvalue weighted by atomic mass is 10.1. The molecular formula is C17H16N2O3. The molecule has 3 rings (SSSR count). The summed E-state index contributed by atoms with van der Waals surface area (Å²) < 4.78 is 5.03. The monoisotopic (exact) mass is 296 g/mol. The van der Waals surface area contributed by atoms with Gasteiger partial charge in [0.15, 0.2) is 0 Å². The smallest absolute Gasteiger partial charge is 0.308 e. The molecule has 1 aromatic heterocycles. The summed E-state index contributed by atoms with van der Waals surface area (Å²) in [6, 6.07) is 12.4. The van der Waals surface area contributed by atoms with Crippen LogP contribution in [0.1, 0.15) is 35.4 Å². The molecule has 1 amide bonds. The molecule has 5 heteroatoms. The molecule has 2 aromatic rings. The molecule has 0 fully saturated rings. The van der Waals surface area contributed by atoms with Gasteiger partial charge in [0.2, 0.25) is 0 Å². The molecule has 1 aromatic carbocycles. The maximum atomic E-state index is 12.7. The molecule has 0 N–H and O–H groups in total. The zero-order chi connectivity index (χ0) is 15.5. The molecule has 22 heavy (non-hydrogen) atoms. The molecule has 0 radical (unpaired) electrons. The molecule has 1 aliphatic rings. The number of rotatable bonds is 4. The Labute approximate surface area is 128 Å². The van der Waals surface area contributed by atoms with E-state index in [0.29, 0.717) is 17.9 Å². The minimum Gasteiger partial charge on any atom is -0.466 e. The standard InChI is InChI=1S/C17H16N2O3/c1-2-22-15(20)11-14-16-13(9-6-10-18-16)17(21)19(14)12-7-4-3-5-8-12/h3-10,14H,2,11H2,1H3. The van der Waals surface area contributed by atoms with E-state index in [4.69, 9.17) is 4.74 Å². The molecule has 0 aliphatic carbocycles. The molecule has 0 spiro atoms. The van der Waals surface area contributed by atoms with Gasteiger partial charge in [-0.25, -0.2) is 0 Å². The van der Waals surface area contributed by atoms with Gasteiger partial charge in [0, 0.05) is 11.9 Å². The van der Waals surface area contributed by atoms with Gasteiger partial charge in [0.1, 0.15) is 0 Å². The highest BCUT2D eigenvalue weighted by Crippen LogP contribution is 2.38. The second-order valence-electron chi connectivity index (χ2n) is 4.97. The van der Waals surface area contributed by atoms with Crippen LogP contribution in [0.3, 0.4) is 0 Å². The number of pyridine rings is 1. The predicted molar refractivity (Wildman–Crippen MR) is 81.5 cm³/mol. The van der Waals surface area contributed by atoms with Crippen LogP contribution in [0, 0.1) is 0 Å². The van der Waals surface area contributed by atoms with Crippen molar-refractivity contribution in [3.8, 4) is 0 Å². The second kappa shape index (κ2) is 5.97. The van der Waals surface area contributed by atoms with Crippen LogP contribution in [0.5, 0.6) is 0 Å². The van der Waals surface area contributed by atoms with Crippen molar-refractivity contribution in [2.24, 2.45) is 0 Å². The Morgan fingerprint density at radius 3 is 2.73 bits per heavy atom. The molecule has 2 heterocycles. The summed E-state index contributed by atoms with van der Waals surface area (Å²) in [5, 5.41) is 0. The average molecular weight is 296 g/mol. The fourth-order valence-corrected chi connectivity index (χ4v) is 2.71. The van der Waals surface area contributed by atoms with Gasteiger partial charge in [-0.05, 0) is 31.2 Å². The summed E-state index contributed by atoms with van der Waals surface area (Å²) in [6.45, 7) is 2.08. The third kappa shape index (κ3) is 2.45. The highest BCUT2D eigenvalue weighted by atomic mass is 16.5. The van der Waals surface area contributed by atoms with Crippen LogP contribution >= 0.6 is 0 Å². The van der Waals surface area contributed by atoms with Crippen molar-refractivity contribution in [3.63, 3.8) is 0 Å². The maximum absolute atomic E-state index is 12.7. The molecule has 0 bridgehead atoms. The van der Waals surface area contributed by atoms with E-state index in [9.17, 15) is 9.59 Å². The largest absolute Gasteiger partial charge is 0.466 e. The number of carbonyl (C=O) groups excluding carboxylic acids is 2. The summed E-state index contributed by atoms with van der Waals surface area (Å²) in [6.07, 6.45) is 1.73. The number of amides is 1. The van der Waals surface area contributed by atoms with Gasteiger partial charge < -0.3 is 4.74 Å². The Bertz CT molecular complexity index is 700. The van der Waals surface area contributed by atoms with Gasteiger partial charge in [-0.1, -0.05) is 18.2 Å². The van der Waals surface area contributed by atoms with E-state index < -0.39 is 6.04 Å². The average Bonchev–Trinajstić information content (AvgIpc) is 2.81. The van der Waals surface area contributed by atoms with Crippen LogP contribution in [0.2, 0.25) is 0 Å². The van der Waals surface area contributed by atoms with Crippen molar-refractivity contribution < 1.29 is 14.3 Å². The van der Waals surface area contributed by atoms with Gasteiger partial charge in [0.05, 0.1) is 30.3 Å². The maximum Gasteiger partial charge on any atom is 0.308 e. The SMILES string of the molecule is CCOC(=O)CC1c2ncccc2C(=O)N1c1ccccc1. The highest BCUT2D eigenvalue weighted by molar-refractivity contribution is 6.11. The van der Waals surface area contributed by atoms with Crippen molar-refractivity contribution >= 4 is 17.6 Å². The molecule has 112 valence electrons. The van der Waals surface area contributed by atoms with Gasteiger partial charge in [-0.3, -0.25) is 19.5 Å². The highest BCUT2D eigenvalue weighted by Gasteiger charge is 2.40. The van der Waals surface area contributed by atoms with Crippen molar-refractivity contribution in [2.75, 3.05) is 11.5 Å². The lowest BCUT2D eigenvalue weighted by Crippen LogP contribution is -2.29. The molecule has 5 nitrogen and oxygen atoms in total. The van der Waals surface area contributed by atoms with Crippen LogP contribution in [-0.4, -0.2) is 23.5 Å². The number of anilines is 1. The number of nitrogens with zero attached hydrogens (tertiary/aromatic N) is 2. The van der Waals surface area contributed by atoms with E-state index in [1.54, 1.807) is 30.2 Å². The quantitative estimate of drug-likeness (QED) is 0.814. The number of hydrogen-bond acceptors (Lipinski definition) is 4. The van der Waals surface area contributed by atoms with Crippen molar-refractivity contribution in [1.29, 1.82) is 0 Å². The fourth-order valence-electron chi connectivity index (χ4n) is 2.71. The number of fused-ring (bicyclic) bond motifs is 1. The summed E-state index contributed by atoms with van der Waals surface area (Å²) >= 11 is 0. The van der Waals surface area contributed by atoms with E-state index in [-0.39, 0.29) is 18.3 Å². The van der Waals surface area contributed by atoms with E-state index in [0.717, 1.165) is 5.69 Å². The Hall–Kier alpha value is -2.69. The summed E-state index contributed by atoms with van der Waals surface area (Å²) in [7, 11) is 0. The third-order valence-electron chi connectivity index (χ3n) is 3.61. The summed E-state index contributed by atoms with van der Waals surface area (Å²) in [4.78, 5) is 30.5. The normalized spacial score (nSPS) is 16.5. The molecule has 1 atom stereocenters. The summed E-state index contributed by atoms with van der Waals surface area (Å²) in [5.74, 6) is -0.469. The predicted octanol–water partition coefficient (Wildman–Crippen LogP) is 2.74. The fraction of sp³-hybridized carbons (Fsp3) is 0.235. The summed E-state index contributed by atoms with van der Waals surface area (Å²) in [5.41, 5.74) is 1.92. The molecular weight excluding hydrogens is 280 g/mol. The van der Waals surface area contributed by atoms with Crippen LogP contribution in [0.25, 0.3) is 0 Å². The number of esters is 1. The van der Waals surface area contributed by atoms with E-state index in [1.165, 1.54) is 0 Å². The zero-order valence-corrected chi connectivity index (χ0v) is 12.2. The molecule has 1 aliphatic heterocycles. The second-order valence-corrected chi connectivity index (χ2v) is 4.97. The third-order valence-corrected chi connectivity index (χ3v) is 3.61. The lowest BCUT2D eigenvalue weighted by molar-refractivity contribution is -0.143. The van der Waals surface area contributed by atoms with E-state index in [2.05, 4.69) is 4.98 Å². The number of para-hydroxylation sites is 1. The first kappa shape index (κ1) is 14.3. The number of aromatic nitrogens is 1. The topological polar surface area (TPSA) is 59.5 Å². The van der Waals surface area contributed by atoms with E-state index in [1.807, 2.05) is 30.3 Å². The minimum absolute atomic E-state index is 0.0957. The van der Waals surface area contributed by atoms with Crippen molar-refractivity contribution in [3.05, 3.63) is 59.9 Å². The Balaban J connectivity index is 2.01. The minimum atomic E-state index is -0.426. The van der Waals surface area contributed by atoms with Gasteiger partial charge >= 0.3 is 5.97 Å². The van der Waals surface area contributed by atoms with Gasteiger partial charge in [0.25, 0.3) is 5.91 Å². The number of carbonyl (C=O) groups is 2. The van der Waals surface area contributed by atoms with Crippen LogP contribution in [0.15, 0.2) is 48.7 Å². The van der Waals surface area contributed by atoms with Crippen molar-refractivity contribution in [2.45, 2.75) is 19.4 Å². The van der Waals surface area contributed by atoms with E-state index >= 15 is 0 Å². The Morgan fingerprint density at radius 2 is 2.00 bits per heavy atom. The first-order chi connectivity index (χ1) is 10.7. The number of hydrogen-bond donors (Lipinski definition) is 0. The number of benzene rings is 1. The molecule has 1 unspecified atom stereocenters. The Kier molecular flexibility index (Phi) is 3.87. The first-order valence-corrected chi connectivity index (χ1v) is 7.21. The van der Waals surface area contributed by atoms with Gasteiger partial charge in [-0.2, -0.15) is 0 Å². The molecule has 0 saturated carbocycles. The van der Waals surface area contributed by atoms with Crippen LogP contribution in [-0.2, 0) is 9.53 Å². The zero-order valence-electron chi connectivity index (χ0n) is 12.2. The van der Waals surface area contributed by atoms with Crippen LogP contribution in [0.4, 0.5) is 5.69 Å². The molecule has 0 saturated heterocycles. The number of ether oxygens (including phenoxy) is 1. The first-order valence-electron chi connectivity index (χ1n) is 7.21. The van der Waals surface area contributed by atoms with Crippen LogP contribution < -0.4 is 4.90 Å². The lowest BCUT2D eigenvalue weighted by Gasteiger charge is -2.24. The Morgan fingerprint density at radius 1 is 1.23 bits per heavy atom. The van der Waals surface area contributed by atoms with Gasteiger partial charge in [-0.15, -0.1) is 0 Å².